The highest BCUT2D eigenvalue weighted by atomic mass is 16.6. The van der Waals surface area contributed by atoms with E-state index in [4.69, 9.17) is 13.6 Å². The molecule has 0 saturated heterocycles. The van der Waals surface area contributed by atoms with Crippen LogP contribution in [0.3, 0.4) is 0 Å². The van der Waals surface area contributed by atoms with Crippen molar-refractivity contribution in [3.63, 3.8) is 0 Å². The Kier molecular flexibility index (Phi) is 5.41. The summed E-state index contributed by atoms with van der Waals surface area (Å²) in [6.07, 6.45) is 0. The third-order valence-electron chi connectivity index (χ3n) is 4.79. The lowest BCUT2D eigenvalue weighted by Crippen LogP contribution is -2.11. The molecule has 0 aliphatic rings. The Morgan fingerprint density at radius 2 is 1.68 bits per heavy atom. The molecule has 0 amide bonds. The number of furan rings is 1. The van der Waals surface area contributed by atoms with E-state index in [2.05, 4.69) is 4.74 Å². The number of hydrogen-bond acceptors (Lipinski definition) is 7. The average molecular weight is 418 g/mol. The maximum absolute atomic E-state index is 12.9. The lowest BCUT2D eigenvalue weighted by molar-refractivity contribution is 0.0439. The van der Waals surface area contributed by atoms with Crippen LogP contribution in [0.5, 0.6) is 0 Å². The molecule has 7 nitrogen and oxygen atoms in total. The van der Waals surface area contributed by atoms with Gasteiger partial charge in [0, 0.05) is 11.1 Å². The van der Waals surface area contributed by atoms with E-state index in [1.807, 2.05) is 30.3 Å². The molecule has 2 aromatic heterocycles. The molecular weight excluding hydrogens is 400 g/mol. The van der Waals surface area contributed by atoms with E-state index < -0.39 is 11.9 Å². The van der Waals surface area contributed by atoms with Crippen LogP contribution >= 0.6 is 0 Å². The van der Waals surface area contributed by atoms with Gasteiger partial charge in [-0.2, -0.15) is 0 Å². The summed E-state index contributed by atoms with van der Waals surface area (Å²) in [5.41, 5.74) is 1.23. The third kappa shape index (κ3) is 3.85. The molecule has 0 radical (unpaired) electrons. The van der Waals surface area contributed by atoms with Gasteiger partial charge in [-0.05, 0) is 31.2 Å². The van der Waals surface area contributed by atoms with E-state index in [-0.39, 0.29) is 40.1 Å². The van der Waals surface area contributed by atoms with Gasteiger partial charge >= 0.3 is 11.9 Å². The van der Waals surface area contributed by atoms with Gasteiger partial charge in [-0.3, -0.25) is 4.79 Å². The van der Waals surface area contributed by atoms with Gasteiger partial charge in [0.25, 0.3) is 0 Å². The predicted octanol–water partition coefficient (Wildman–Crippen LogP) is 4.51. The van der Waals surface area contributed by atoms with Crippen LogP contribution in [0.15, 0.2) is 74.3 Å². The van der Waals surface area contributed by atoms with E-state index in [1.54, 1.807) is 19.1 Å². The summed E-state index contributed by atoms with van der Waals surface area (Å²) >= 11 is 0. The van der Waals surface area contributed by atoms with Gasteiger partial charge in [0.1, 0.15) is 23.7 Å². The second kappa shape index (κ2) is 8.31. The highest BCUT2D eigenvalue weighted by Crippen LogP contribution is 2.27. The summed E-state index contributed by atoms with van der Waals surface area (Å²) in [7, 11) is 1.24. The lowest BCUT2D eigenvalue weighted by Gasteiger charge is -2.10. The Morgan fingerprint density at radius 3 is 2.42 bits per heavy atom. The Balaban J connectivity index is 1.68. The molecule has 0 atom stereocenters. The zero-order valence-corrected chi connectivity index (χ0v) is 16.8. The van der Waals surface area contributed by atoms with Gasteiger partial charge in [-0.1, -0.05) is 36.4 Å². The van der Waals surface area contributed by atoms with Gasteiger partial charge in [0.2, 0.25) is 5.76 Å². The molecule has 0 spiro atoms. The first-order valence-corrected chi connectivity index (χ1v) is 9.45. The fourth-order valence-electron chi connectivity index (χ4n) is 3.22. The minimum absolute atomic E-state index is 0.00712. The van der Waals surface area contributed by atoms with E-state index in [9.17, 15) is 14.4 Å². The monoisotopic (exact) mass is 418 g/mol. The third-order valence-corrected chi connectivity index (χ3v) is 4.79. The molecule has 4 rings (SSSR count). The largest absolute Gasteiger partial charge is 0.463 e. The van der Waals surface area contributed by atoms with Crippen LogP contribution in [0.2, 0.25) is 0 Å². The van der Waals surface area contributed by atoms with Crippen LogP contribution in [0.1, 0.15) is 32.2 Å². The predicted molar refractivity (Wildman–Crippen MR) is 112 cm³/mol. The number of para-hydroxylation sites is 1. The number of fused-ring (bicyclic) bond motifs is 1. The zero-order valence-electron chi connectivity index (χ0n) is 16.8. The summed E-state index contributed by atoms with van der Waals surface area (Å²) in [5.74, 6) is -0.638. The van der Waals surface area contributed by atoms with E-state index in [1.165, 1.54) is 25.3 Å². The normalized spacial score (nSPS) is 10.8. The molecule has 0 saturated carbocycles. The van der Waals surface area contributed by atoms with E-state index in [0.717, 1.165) is 5.56 Å². The first kappa shape index (κ1) is 20.2. The Labute approximate surface area is 176 Å². The number of hydrogen-bond donors (Lipinski definition) is 0. The molecule has 0 N–H and O–H groups in total. The molecule has 0 unspecified atom stereocenters. The maximum atomic E-state index is 12.9. The Bertz CT molecular complexity index is 1330. The topological polar surface area (TPSA) is 96.0 Å². The van der Waals surface area contributed by atoms with Crippen molar-refractivity contribution in [2.24, 2.45) is 0 Å². The van der Waals surface area contributed by atoms with Crippen molar-refractivity contribution in [1.29, 1.82) is 0 Å². The molecule has 156 valence electrons. The standard InChI is InChI=1S/C24H18O7/c1-14-20(25)17-9-6-10-18(22(17)31-21(14)15-7-4-3-5-8-15)23(26)29-13-16-11-12-19(30-16)24(27)28-2/h3-12H,13H2,1-2H3. The number of rotatable bonds is 5. The van der Waals surface area contributed by atoms with E-state index >= 15 is 0 Å². The number of benzene rings is 2. The number of ether oxygens (including phenoxy) is 2. The van der Waals surface area contributed by atoms with Crippen molar-refractivity contribution in [1.82, 2.24) is 0 Å². The maximum Gasteiger partial charge on any atom is 0.373 e. The minimum Gasteiger partial charge on any atom is -0.463 e. The van der Waals surface area contributed by atoms with Crippen molar-refractivity contribution in [2.75, 3.05) is 7.11 Å². The summed E-state index contributed by atoms with van der Waals surface area (Å²) in [6, 6.07) is 16.9. The quantitative estimate of drug-likeness (QED) is 0.440. The Morgan fingerprint density at radius 1 is 0.903 bits per heavy atom. The summed E-state index contributed by atoms with van der Waals surface area (Å²) in [6.45, 7) is 1.49. The fourth-order valence-corrected chi connectivity index (χ4v) is 3.22. The SMILES string of the molecule is COC(=O)c1ccc(COC(=O)c2cccc3c(=O)c(C)c(-c4ccccc4)oc23)o1. The highest BCUT2D eigenvalue weighted by molar-refractivity contribution is 6.02. The van der Waals surface area contributed by atoms with E-state index in [0.29, 0.717) is 11.3 Å². The van der Waals surface area contributed by atoms with Crippen molar-refractivity contribution in [3.8, 4) is 11.3 Å². The van der Waals surface area contributed by atoms with Crippen molar-refractivity contribution in [2.45, 2.75) is 13.5 Å². The van der Waals surface area contributed by atoms with Crippen molar-refractivity contribution < 1.29 is 27.9 Å². The van der Waals surface area contributed by atoms with Gasteiger partial charge in [-0.25, -0.2) is 9.59 Å². The van der Waals surface area contributed by atoms with Crippen molar-refractivity contribution >= 4 is 22.9 Å². The summed E-state index contributed by atoms with van der Waals surface area (Å²) < 4.78 is 21.2. The average Bonchev–Trinajstić information content (AvgIpc) is 3.28. The van der Waals surface area contributed by atoms with Crippen LogP contribution in [0.25, 0.3) is 22.3 Å². The van der Waals surface area contributed by atoms with Crippen LogP contribution in [-0.2, 0) is 16.1 Å². The molecule has 2 heterocycles. The molecule has 0 aliphatic heterocycles. The smallest absolute Gasteiger partial charge is 0.373 e. The number of carbonyl (C=O) groups excluding carboxylic acids is 2. The van der Waals surface area contributed by atoms with Gasteiger partial charge in [0.15, 0.2) is 11.0 Å². The molecule has 0 aliphatic carbocycles. The van der Waals surface area contributed by atoms with Crippen molar-refractivity contribution in [3.05, 3.63) is 93.5 Å². The molecular formula is C24H18O7. The van der Waals surface area contributed by atoms with Crippen LogP contribution in [-0.4, -0.2) is 19.0 Å². The summed E-state index contributed by atoms with van der Waals surface area (Å²) in [4.78, 5) is 37.1. The second-order valence-electron chi connectivity index (χ2n) is 6.77. The van der Waals surface area contributed by atoms with Gasteiger partial charge in [-0.15, -0.1) is 0 Å². The zero-order chi connectivity index (χ0) is 22.0. The number of methoxy groups -OCH3 is 1. The molecule has 0 fully saturated rings. The molecule has 7 heteroatoms. The first-order valence-electron chi connectivity index (χ1n) is 9.45. The van der Waals surface area contributed by atoms with Crippen LogP contribution < -0.4 is 5.43 Å². The molecule has 2 aromatic carbocycles. The second-order valence-corrected chi connectivity index (χ2v) is 6.77. The van der Waals surface area contributed by atoms with Gasteiger partial charge < -0.3 is 18.3 Å². The lowest BCUT2D eigenvalue weighted by atomic mass is 10.0. The van der Waals surface area contributed by atoms with Gasteiger partial charge in [0.05, 0.1) is 12.5 Å². The number of carbonyl (C=O) groups is 2. The number of esters is 2. The summed E-state index contributed by atoms with van der Waals surface area (Å²) in [5, 5.41) is 0.289. The molecule has 4 aromatic rings. The first-order chi connectivity index (χ1) is 15.0. The van der Waals surface area contributed by atoms with Crippen LogP contribution in [0, 0.1) is 6.92 Å². The van der Waals surface area contributed by atoms with Crippen LogP contribution in [0.4, 0.5) is 0 Å². The molecule has 31 heavy (non-hydrogen) atoms. The minimum atomic E-state index is -0.687. The fraction of sp³-hybridized carbons (Fsp3) is 0.125. The highest BCUT2D eigenvalue weighted by Gasteiger charge is 2.20. The molecule has 0 bridgehead atoms. The Hall–Kier alpha value is -4.13.